The molecule has 94 valence electrons. The highest BCUT2D eigenvalue weighted by atomic mass is 79.9. The molecule has 0 aliphatic carbocycles. The zero-order valence-corrected chi connectivity index (χ0v) is 11.8. The standard InChI is InChI=1S/C13H19BrN2O/c1-17-10-11-4-6-16(7-5-11)9-13-3-2-12(14)8-15-13/h2-3,8,11H,4-7,9-10H2,1H3. The Bertz CT molecular complexity index is 334. The van der Waals surface area contributed by atoms with Crippen LogP contribution in [0, 0.1) is 5.92 Å². The molecule has 0 atom stereocenters. The Hall–Kier alpha value is -0.450. The molecule has 0 N–H and O–H groups in total. The van der Waals surface area contributed by atoms with E-state index in [1.807, 2.05) is 6.20 Å². The molecule has 1 aliphatic heterocycles. The Morgan fingerprint density at radius 2 is 2.18 bits per heavy atom. The van der Waals surface area contributed by atoms with E-state index < -0.39 is 0 Å². The number of rotatable bonds is 4. The lowest BCUT2D eigenvalue weighted by Gasteiger charge is -2.31. The van der Waals surface area contributed by atoms with E-state index in [1.165, 1.54) is 12.8 Å². The molecule has 17 heavy (non-hydrogen) atoms. The van der Waals surface area contributed by atoms with Crippen molar-refractivity contribution in [1.29, 1.82) is 0 Å². The number of likely N-dealkylation sites (tertiary alicyclic amines) is 1. The van der Waals surface area contributed by atoms with Gasteiger partial charge in [-0.05, 0) is 59.9 Å². The van der Waals surface area contributed by atoms with Crippen molar-refractivity contribution in [3.63, 3.8) is 0 Å². The van der Waals surface area contributed by atoms with Gasteiger partial charge in [0.2, 0.25) is 0 Å². The molecule has 0 radical (unpaired) electrons. The van der Waals surface area contributed by atoms with E-state index in [-0.39, 0.29) is 0 Å². The average Bonchev–Trinajstić information content (AvgIpc) is 2.35. The summed E-state index contributed by atoms with van der Waals surface area (Å²) in [6.07, 6.45) is 4.35. The van der Waals surface area contributed by atoms with Gasteiger partial charge in [-0.3, -0.25) is 9.88 Å². The molecule has 0 spiro atoms. The molecule has 1 aromatic rings. The molecule has 1 fully saturated rings. The zero-order valence-electron chi connectivity index (χ0n) is 10.2. The largest absolute Gasteiger partial charge is 0.384 e. The fourth-order valence-electron chi connectivity index (χ4n) is 2.28. The molecule has 0 unspecified atom stereocenters. The summed E-state index contributed by atoms with van der Waals surface area (Å²) in [5.74, 6) is 0.745. The number of pyridine rings is 1. The Morgan fingerprint density at radius 3 is 2.76 bits per heavy atom. The third-order valence-corrected chi connectivity index (χ3v) is 3.75. The van der Waals surface area contributed by atoms with E-state index in [9.17, 15) is 0 Å². The van der Waals surface area contributed by atoms with Crippen LogP contribution in [0.1, 0.15) is 18.5 Å². The quantitative estimate of drug-likeness (QED) is 0.855. The van der Waals surface area contributed by atoms with Crippen molar-refractivity contribution in [2.24, 2.45) is 5.92 Å². The first-order chi connectivity index (χ1) is 8.28. The molecule has 2 heterocycles. The van der Waals surface area contributed by atoms with E-state index in [2.05, 4.69) is 37.9 Å². The second kappa shape index (κ2) is 6.47. The highest BCUT2D eigenvalue weighted by Gasteiger charge is 2.19. The van der Waals surface area contributed by atoms with Crippen molar-refractivity contribution in [3.8, 4) is 0 Å². The van der Waals surface area contributed by atoms with Gasteiger partial charge in [0.05, 0.1) is 5.69 Å². The van der Waals surface area contributed by atoms with Crippen LogP contribution < -0.4 is 0 Å². The van der Waals surface area contributed by atoms with Crippen LogP contribution in [0.4, 0.5) is 0 Å². The van der Waals surface area contributed by atoms with Crippen LogP contribution in [0.15, 0.2) is 22.8 Å². The van der Waals surface area contributed by atoms with E-state index in [4.69, 9.17) is 4.74 Å². The summed E-state index contributed by atoms with van der Waals surface area (Å²) in [5.41, 5.74) is 1.15. The summed E-state index contributed by atoms with van der Waals surface area (Å²) in [6, 6.07) is 4.14. The number of aromatic nitrogens is 1. The number of piperidine rings is 1. The van der Waals surface area contributed by atoms with Gasteiger partial charge in [-0.2, -0.15) is 0 Å². The predicted octanol–water partition coefficient (Wildman–Crippen LogP) is 2.70. The zero-order chi connectivity index (χ0) is 12.1. The minimum absolute atomic E-state index is 0.745. The van der Waals surface area contributed by atoms with Gasteiger partial charge < -0.3 is 4.74 Å². The smallest absolute Gasteiger partial charge is 0.0544 e. The lowest BCUT2D eigenvalue weighted by molar-refractivity contribution is 0.0963. The number of halogens is 1. The van der Waals surface area contributed by atoms with Crippen molar-refractivity contribution < 1.29 is 4.74 Å². The van der Waals surface area contributed by atoms with Crippen molar-refractivity contribution in [3.05, 3.63) is 28.5 Å². The fourth-order valence-corrected chi connectivity index (χ4v) is 2.51. The van der Waals surface area contributed by atoms with E-state index >= 15 is 0 Å². The van der Waals surface area contributed by atoms with Crippen molar-refractivity contribution in [1.82, 2.24) is 9.88 Å². The van der Waals surface area contributed by atoms with Crippen LogP contribution in [0.3, 0.4) is 0 Å². The first-order valence-corrected chi connectivity index (χ1v) is 6.89. The molecular weight excluding hydrogens is 280 g/mol. The second-order valence-electron chi connectivity index (χ2n) is 4.64. The first kappa shape index (κ1) is 13.0. The number of hydrogen-bond donors (Lipinski definition) is 0. The Morgan fingerprint density at radius 1 is 1.41 bits per heavy atom. The van der Waals surface area contributed by atoms with Gasteiger partial charge in [0.1, 0.15) is 0 Å². The van der Waals surface area contributed by atoms with Crippen LogP contribution in [0.25, 0.3) is 0 Å². The monoisotopic (exact) mass is 298 g/mol. The topological polar surface area (TPSA) is 25.4 Å². The lowest BCUT2D eigenvalue weighted by Crippen LogP contribution is -2.34. The minimum atomic E-state index is 0.745. The minimum Gasteiger partial charge on any atom is -0.384 e. The fraction of sp³-hybridized carbons (Fsp3) is 0.615. The Balaban J connectivity index is 1.79. The van der Waals surface area contributed by atoms with Crippen molar-refractivity contribution >= 4 is 15.9 Å². The van der Waals surface area contributed by atoms with Gasteiger partial charge in [-0.25, -0.2) is 0 Å². The predicted molar refractivity (Wildman–Crippen MR) is 71.8 cm³/mol. The molecule has 2 rings (SSSR count). The summed E-state index contributed by atoms with van der Waals surface area (Å²) < 4.78 is 6.25. The van der Waals surface area contributed by atoms with Crippen LogP contribution in [-0.2, 0) is 11.3 Å². The molecule has 0 amide bonds. The number of methoxy groups -OCH3 is 1. The Labute approximate surface area is 111 Å². The number of nitrogens with zero attached hydrogens (tertiary/aromatic N) is 2. The van der Waals surface area contributed by atoms with Crippen LogP contribution in [0.5, 0.6) is 0 Å². The van der Waals surface area contributed by atoms with Gasteiger partial charge in [-0.1, -0.05) is 0 Å². The maximum atomic E-state index is 5.21. The summed E-state index contributed by atoms with van der Waals surface area (Å²) in [5, 5.41) is 0. The average molecular weight is 299 g/mol. The first-order valence-electron chi connectivity index (χ1n) is 6.09. The normalized spacial score (nSPS) is 18.5. The molecule has 3 nitrogen and oxygen atoms in total. The molecule has 1 aliphatic rings. The Kier molecular flexibility index (Phi) is 4.95. The molecular formula is C13H19BrN2O. The summed E-state index contributed by atoms with van der Waals surface area (Å²) in [4.78, 5) is 6.89. The third-order valence-electron chi connectivity index (χ3n) is 3.28. The van der Waals surface area contributed by atoms with Gasteiger partial charge in [0.15, 0.2) is 0 Å². The van der Waals surface area contributed by atoms with Crippen LogP contribution >= 0.6 is 15.9 Å². The van der Waals surface area contributed by atoms with Gasteiger partial charge in [0, 0.05) is 30.9 Å². The second-order valence-corrected chi connectivity index (χ2v) is 5.56. The molecule has 0 bridgehead atoms. The van der Waals surface area contributed by atoms with Gasteiger partial charge in [0.25, 0.3) is 0 Å². The molecule has 4 heteroatoms. The number of ether oxygens (including phenoxy) is 1. The van der Waals surface area contributed by atoms with E-state index in [0.29, 0.717) is 0 Å². The van der Waals surface area contributed by atoms with Gasteiger partial charge in [-0.15, -0.1) is 0 Å². The van der Waals surface area contributed by atoms with E-state index in [0.717, 1.165) is 42.3 Å². The highest BCUT2D eigenvalue weighted by molar-refractivity contribution is 9.10. The SMILES string of the molecule is COCC1CCN(Cc2ccc(Br)cn2)CC1. The highest BCUT2D eigenvalue weighted by Crippen LogP contribution is 2.19. The molecule has 0 saturated carbocycles. The van der Waals surface area contributed by atoms with E-state index in [1.54, 1.807) is 7.11 Å². The van der Waals surface area contributed by atoms with Crippen LogP contribution in [0.2, 0.25) is 0 Å². The van der Waals surface area contributed by atoms with Crippen molar-refractivity contribution in [2.75, 3.05) is 26.8 Å². The summed E-state index contributed by atoms with van der Waals surface area (Å²) >= 11 is 3.41. The lowest BCUT2D eigenvalue weighted by atomic mass is 9.98. The summed E-state index contributed by atoms with van der Waals surface area (Å²) in [7, 11) is 1.79. The van der Waals surface area contributed by atoms with Crippen molar-refractivity contribution in [2.45, 2.75) is 19.4 Å². The molecule has 1 saturated heterocycles. The van der Waals surface area contributed by atoms with Gasteiger partial charge >= 0.3 is 0 Å². The maximum Gasteiger partial charge on any atom is 0.0544 e. The number of hydrogen-bond acceptors (Lipinski definition) is 3. The third kappa shape index (κ3) is 4.05. The maximum absolute atomic E-state index is 5.21. The molecule has 1 aromatic heterocycles. The summed E-state index contributed by atoms with van der Waals surface area (Å²) in [6.45, 7) is 4.19. The molecule has 0 aromatic carbocycles. The van der Waals surface area contributed by atoms with Crippen LogP contribution in [-0.4, -0.2) is 36.7 Å².